The first-order valence-electron chi connectivity index (χ1n) is 6.59. The van der Waals surface area contributed by atoms with E-state index < -0.39 is 0 Å². The van der Waals surface area contributed by atoms with E-state index in [1.807, 2.05) is 23.1 Å². The van der Waals surface area contributed by atoms with Crippen LogP contribution in [0.4, 0.5) is 5.69 Å². The molecule has 1 amide bonds. The second-order valence-electron chi connectivity index (χ2n) is 4.60. The number of halogens is 2. The molecule has 0 bridgehead atoms. The number of nitrogens with two attached hydrogens (primary N) is 1. The van der Waals surface area contributed by atoms with Gasteiger partial charge in [0.2, 0.25) is 5.91 Å². The number of carbonyl (C=O) groups excluding carboxylic acids is 1. The molecule has 0 radical (unpaired) electrons. The Morgan fingerprint density at radius 1 is 1.05 bits per heavy atom. The lowest BCUT2D eigenvalue weighted by molar-refractivity contribution is -0.131. The standard InChI is InChI=1S/C14H21N3O.2ClH/c15-8-4-7-14(18)17-11-9-16(10-12-17)13-5-2-1-3-6-13;;/h1-3,5-6H,4,7-12,15H2;2*1H. The van der Waals surface area contributed by atoms with Crippen LogP contribution < -0.4 is 10.6 Å². The van der Waals surface area contributed by atoms with E-state index in [9.17, 15) is 4.79 Å². The molecule has 1 fully saturated rings. The van der Waals surface area contributed by atoms with Crippen LogP contribution in [0.5, 0.6) is 0 Å². The highest BCUT2D eigenvalue weighted by atomic mass is 35.5. The number of hydrogen-bond donors (Lipinski definition) is 1. The maximum absolute atomic E-state index is 11.9. The summed E-state index contributed by atoms with van der Waals surface area (Å²) in [4.78, 5) is 16.1. The minimum absolute atomic E-state index is 0. The van der Waals surface area contributed by atoms with Crippen molar-refractivity contribution < 1.29 is 4.79 Å². The van der Waals surface area contributed by atoms with Gasteiger partial charge in [0, 0.05) is 38.3 Å². The van der Waals surface area contributed by atoms with Gasteiger partial charge in [0.25, 0.3) is 0 Å². The third-order valence-electron chi connectivity index (χ3n) is 3.35. The van der Waals surface area contributed by atoms with E-state index in [0.717, 1.165) is 32.6 Å². The molecular weight excluding hydrogens is 297 g/mol. The second-order valence-corrected chi connectivity index (χ2v) is 4.60. The van der Waals surface area contributed by atoms with Crippen molar-refractivity contribution in [3.63, 3.8) is 0 Å². The predicted molar refractivity (Wildman–Crippen MR) is 88.0 cm³/mol. The molecule has 0 atom stereocenters. The zero-order chi connectivity index (χ0) is 12.8. The summed E-state index contributed by atoms with van der Waals surface area (Å²) in [6.45, 7) is 4.06. The minimum Gasteiger partial charge on any atom is -0.368 e. The first kappa shape index (κ1) is 19.0. The molecule has 0 saturated carbocycles. The van der Waals surface area contributed by atoms with Gasteiger partial charge in [-0.15, -0.1) is 24.8 Å². The molecule has 0 unspecified atom stereocenters. The van der Waals surface area contributed by atoms with Crippen molar-refractivity contribution in [3.8, 4) is 0 Å². The Hall–Kier alpha value is -0.970. The molecule has 0 aromatic heterocycles. The molecule has 1 aromatic carbocycles. The normalized spacial score (nSPS) is 14.2. The SMILES string of the molecule is Cl.Cl.NCCCC(=O)N1CCN(c2ccccc2)CC1. The number of rotatable bonds is 4. The Kier molecular flexibility index (Phi) is 9.38. The van der Waals surface area contributed by atoms with Crippen molar-refractivity contribution >= 4 is 36.4 Å². The first-order valence-corrected chi connectivity index (χ1v) is 6.59. The van der Waals surface area contributed by atoms with Crippen molar-refractivity contribution in [1.82, 2.24) is 4.90 Å². The van der Waals surface area contributed by atoms with Crippen LogP contribution in [0.3, 0.4) is 0 Å². The molecule has 1 aliphatic heterocycles. The molecule has 114 valence electrons. The number of para-hydroxylation sites is 1. The molecular formula is C14H23Cl2N3O. The number of benzene rings is 1. The molecule has 2 rings (SSSR count). The summed E-state index contributed by atoms with van der Waals surface area (Å²) in [5.74, 6) is 0.244. The third kappa shape index (κ3) is 5.19. The molecule has 1 saturated heterocycles. The highest BCUT2D eigenvalue weighted by molar-refractivity contribution is 5.85. The van der Waals surface area contributed by atoms with Gasteiger partial charge < -0.3 is 15.5 Å². The lowest BCUT2D eigenvalue weighted by atomic mass is 10.2. The molecule has 1 aliphatic rings. The monoisotopic (exact) mass is 319 g/mol. The summed E-state index contributed by atoms with van der Waals surface area (Å²) in [6.07, 6.45) is 1.37. The summed E-state index contributed by atoms with van der Waals surface area (Å²) in [6, 6.07) is 10.4. The number of piperazine rings is 1. The van der Waals surface area contributed by atoms with Crippen molar-refractivity contribution in [2.75, 3.05) is 37.6 Å². The quantitative estimate of drug-likeness (QED) is 0.922. The lowest BCUT2D eigenvalue weighted by Crippen LogP contribution is -2.48. The van der Waals surface area contributed by atoms with Crippen LogP contribution in [-0.2, 0) is 4.79 Å². The van der Waals surface area contributed by atoms with Crippen LogP contribution in [0, 0.1) is 0 Å². The van der Waals surface area contributed by atoms with Gasteiger partial charge >= 0.3 is 0 Å². The summed E-state index contributed by atoms with van der Waals surface area (Å²) >= 11 is 0. The van der Waals surface area contributed by atoms with Crippen LogP contribution in [0.25, 0.3) is 0 Å². The fourth-order valence-electron chi connectivity index (χ4n) is 2.26. The van der Waals surface area contributed by atoms with E-state index >= 15 is 0 Å². The van der Waals surface area contributed by atoms with E-state index in [4.69, 9.17) is 5.73 Å². The van der Waals surface area contributed by atoms with Crippen molar-refractivity contribution in [3.05, 3.63) is 30.3 Å². The summed E-state index contributed by atoms with van der Waals surface area (Å²) < 4.78 is 0. The van der Waals surface area contributed by atoms with Crippen molar-refractivity contribution in [2.45, 2.75) is 12.8 Å². The lowest BCUT2D eigenvalue weighted by Gasteiger charge is -2.36. The molecule has 6 heteroatoms. The molecule has 0 aliphatic carbocycles. The summed E-state index contributed by atoms with van der Waals surface area (Å²) in [7, 11) is 0. The van der Waals surface area contributed by atoms with E-state index in [2.05, 4.69) is 17.0 Å². The Morgan fingerprint density at radius 2 is 1.65 bits per heavy atom. The van der Waals surface area contributed by atoms with Gasteiger partial charge in [-0.05, 0) is 25.1 Å². The Morgan fingerprint density at radius 3 is 2.20 bits per heavy atom. The summed E-state index contributed by atoms with van der Waals surface area (Å²) in [5, 5.41) is 0. The highest BCUT2D eigenvalue weighted by Gasteiger charge is 2.20. The Bertz CT molecular complexity index is 381. The summed E-state index contributed by atoms with van der Waals surface area (Å²) in [5.41, 5.74) is 6.67. The number of carbonyl (C=O) groups is 1. The minimum atomic E-state index is 0. The predicted octanol–water partition coefficient (Wildman–Crippen LogP) is 1.92. The average Bonchev–Trinajstić information content (AvgIpc) is 2.46. The topological polar surface area (TPSA) is 49.6 Å². The van der Waals surface area contributed by atoms with E-state index in [1.54, 1.807) is 0 Å². The van der Waals surface area contributed by atoms with Crippen LogP contribution in [0.15, 0.2) is 30.3 Å². The van der Waals surface area contributed by atoms with Gasteiger partial charge in [-0.2, -0.15) is 0 Å². The van der Waals surface area contributed by atoms with Crippen LogP contribution in [0.2, 0.25) is 0 Å². The van der Waals surface area contributed by atoms with Gasteiger partial charge in [0.15, 0.2) is 0 Å². The number of anilines is 1. The maximum atomic E-state index is 11.9. The van der Waals surface area contributed by atoms with Crippen LogP contribution in [0.1, 0.15) is 12.8 Å². The molecule has 1 aromatic rings. The highest BCUT2D eigenvalue weighted by Crippen LogP contribution is 2.15. The molecule has 20 heavy (non-hydrogen) atoms. The van der Waals surface area contributed by atoms with E-state index in [0.29, 0.717) is 13.0 Å². The molecule has 1 heterocycles. The van der Waals surface area contributed by atoms with Gasteiger partial charge in [0.05, 0.1) is 0 Å². The first-order chi connectivity index (χ1) is 8.81. The maximum Gasteiger partial charge on any atom is 0.222 e. The van der Waals surface area contributed by atoms with E-state index in [-0.39, 0.29) is 30.7 Å². The van der Waals surface area contributed by atoms with Gasteiger partial charge in [0.1, 0.15) is 0 Å². The largest absolute Gasteiger partial charge is 0.368 e. The van der Waals surface area contributed by atoms with Gasteiger partial charge in [-0.25, -0.2) is 0 Å². The number of nitrogens with zero attached hydrogens (tertiary/aromatic N) is 2. The third-order valence-corrected chi connectivity index (χ3v) is 3.35. The molecule has 0 spiro atoms. The number of amides is 1. The van der Waals surface area contributed by atoms with Crippen LogP contribution in [-0.4, -0.2) is 43.5 Å². The average molecular weight is 320 g/mol. The van der Waals surface area contributed by atoms with E-state index in [1.165, 1.54) is 5.69 Å². The Balaban J connectivity index is 0.00000180. The number of hydrogen-bond acceptors (Lipinski definition) is 3. The Labute approximate surface area is 133 Å². The van der Waals surface area contributed by atoms with Gasteiger partial charge in [-0.1, -0.05) is 18.2 Å². The smallest absolute Gasteiger partial charge is 0.222 e. The van der Waals surface area contributed by atoms with Crippen molar-refractivity contribution in [2.24, 2.45) is 5.73 Å². The van der Waals surface area contributed by atoms with Crippen molar-refractivity contribution in [1.29, 1.82) is 0 Å². The second kappa shape index (κ2) is 9.86. The molecule has 2 N–H and O–H groups in total. The molecule has 4 nitrogen and oxygen atoms in total. The van der Waals surface area contributed by atoms with Gasteiger partial charge in [-0.3, -0.25) is 4.79 Å². The van der Waals surface area contributed by atoms with Crippen LogP contribution >= 0.6 is 24.8 Å². The fraction of sp³-hybridized carbons (Fsp3) is 0.500. The fourth-order valence-corrected chi connectivity index (χ4v) is 2.26. The zero-order valence-corrected chi connectivity index (χ0v) is 13.2. The zero-order valence-electron chi connectivity index (χ0n) is 11.5.